The summed E-state index contributed by atoms with van der Waals surface area (Å²) in [4.78, 5) is 8.61. The summed E-state index contributed by atoms with van der Waals surface area (Å²) in [6.45, 7) is 4.42. The number of nitrogens with one attached hydrogen (secondary N) is 3. The van der Waals surface area contributed by atoms with Gasteiger partial charge in [0.05, 0.1) is 29.2 Å². The Hall–Kier alpha value is -2.84. The van der Waals surface area contributed by atoms with E-state index < -0.39 is 11.7 Å². The molecule has 11 heteroatoms. The van der Waals surface area contributed by atoms with Crippen molar-refractivity contribution in [3.63, 3.8) is 0 Å². The zero-order valence-electron chi connectivity index (χ0n) is 17.5. The first-order chi connectivity index (χ1) is 15.3. The van der Waals surface area contributed by atoms with E-state index in [1.54, 1.807) is 11.9 Å². The number of nitrogens with zero attached hydrogens (tertiary/aromatic N) is 4. The normalized spacial score (nSPS) is 25.8. The van der Waals surface area contributed by atoms with Gasteiger partial charge in [0.25, 0.3) is 0 Å². The molecular formula is C21H24F3N7S. The third-order valence-corrected chi connectivity index (χ3v) is 5.90. The maximum absolute atomic E-state index is 13.2. The van der Waals surface area contributed by atoms with Gasteiger partial charge in [-0.3, -0.25) is 10.1 Å². The summed E-state index contributed by atoms with van der Waals surface area (Å²) < 4.78 is 42.9. The van der Waals surface area contributed by atoms with E-state index in [4.69, 9.17) is 0 Å². The lowest BCUT2D eigenvalue weighted by molar-refractivity contribution is -0.0856. The predicted octanol–water partition coefficient (Wildman–Crippen LogP) is 4.16. The first-order valence-electron chi connectivity index (χ1n) is 10.1. The third kappa shape index (κ3) is 6.11. The molecule has 170 valence electrons. The number of allylic oxidation sites excluding steroid dienone is 4. The smallest absolute Gasteiger partial charge is 0.354 e. The van der Waals surface area contributed by atoms with Crippen molar-refractivity contribution < 1.29 is 13.2 Å². The van der Waals surface area contributed by atoms with Gasteiger partial charge in [0, 0.05) is 24.4 Å². The molecule has 1 aromatic rings. The molecule has 32 heavy (non-hydrogen) atoms. The summed E-state index contributed by atoms with van der Waals surface area (Å²) in [6, 6.07) is 2.52. The second-order valence-corrected chi connectivity index (χ2v) is 8.20. The summed E-state index contributed by atoms with van der Waals surface area (Å²) in [6.07, 6.45) is 6.07. The molecule has 0 atom stereocenters. The van der Waals surface area contributed by atoms with Gasteiger partial charge in [0.15, 0.2) is 0 Å². The number of anilines is 1. The summed E-state index contributed by atoms with van der Waals surface area (Å²) in [5.41, 5.74) is 2.08. The average molecular weight is 464 g/mol. The zero-order chi connectivity index (χ0) is 23.1. The topological polar surface area (TPSA) is 98.0 Å². The van der Waals surface area contributed by atoms with Crippen molar-refractivity contribution >= 4 is 29.7 Å². The number of rotatable bonds is 6. The Morgan fingerprint density at radius 3 is 2.72 bits per heavy atom. The van der Waals surface area contributed by atoms with Crippen LogP contribution in [-0.4, -0.2) is 41.2 Å². The van der Waals surface area contributed by atoms with Crippen LogP contribution in [0, 0.1) is 17.2 Å². The Balaban J connectivity index is 1.77. The van der Waals surface area contributed by atoms with E-state index in [9.17, 15) is 18.4 Å². The van der Waals surface area contributed by atoms with E-state index in [0.29, 0.717) is 30.7 Å². The van der Waals surface area contributed by atoms with Crippen LogP contribution in [0.2, 0.25) is 0 Å². The second kappa shape index (κ2) is 10.7. The Morgan fingerprint density at radius 1 is 1.31 bits per heavy atom. The zero-order valence-corrected chi connectivity index (χ0v) is 18.4. The Morgan fingerprint density at radius 2 is 2.06 bits per heavy atom. The van der Waals surface area contributed by atoms with Crippen LogP contribution in [-0.2, 0) is 0 Å². The highest BCUT2D eigenvalue weighted by molar-refractivity contribution is 7.96. The lowest BCUT2D eigenvalue weighted by Crippen LogP contribution is -2.31. The van der Waals surface area contributed by atoms with E-state index in [1.807, 2.05) is 12.3 Å². The van der Waals surface area contributed by atoms with Crippen molar-refractivity contribution in [3.05, 3.63) is 47.5 Å². The maximum Gasteiger partial charge on any atom is 0.417 e. The van der Waals surface area contributed by atoms with Gasteiger partial charge in [-0.2, -0.15) is 23.5 Å². The largest absolute Gasteiger partial charge is 0.417 e. The van der Waals surface area contributed by atoms with Crippen LogP contribution in [0.1, 0.15) is 36.9 Å². The number of alkyl halides is 3. The van der Waals surface area contributed by atoms with Crippen LogP contribution >= 0.6 is 11.9 Å². The second-order valence-electron chi connectivity index (χ2n) is 7.56. The fourth-order valence-electron chi connectivity index (χ4n) is 3.62. The Kier molecular flexibility index (Phi) is 7.93. The van der Waals surface area contributed by atoms with Gasteiger partial charge in [-0.1, -0.05) is 18.5 Å². The molecule has 0 spiro atoms. The number of hydrogen-bond donors (Lipinski definition) is 3. The van der Waals surface area contributed by atoms with Crippen molar-refractivity contribution in [1.29, 1.82) is 5.26 Å². The molecule has 0 unspecified atom stereocenters. The van der Waals surface area contributed by atoms with Crippen LogP contribution in [0.25, 0.3) is 5.57 Å². The number of hydrazone groups is 1. The minimum Gasteiger partial charge on any atom is -0.354 e. The van der Waals surface area contributed by atoms with Crippen molar-refractivity contribution in [2.75, 3.05) is 18.1 Å². The van der Waals surface area contributed by atoms with Gasteiger partial charge in [-0.15, -0.1) is 0 Å². The van der Waals surface area contributed by atoms with E-state index in [1.165, 1.54) is 12.4 Å². The lowest BCUT2D eigenvalue weighted by atomic mass is 9.86. The Bertz CT molecular complexity index is 971. The van der Waals surface area contributed by atoms with Gasteiger partial charge in [0.1, 0.15) is 6.07 Å². The van der Waals surface area contributed by atoms with Crippen LogP contribution in [0.3, 0.4) is 0 Å². The number of aromatic nitrogens is 2. The Labute approximate surface area is 189 Å². The molecule has 1 fully saturated rings. The van der Waals surface area contributed by atoms with E-state index in [-0.39, 0.29) is 22.4 Å². The van der Waals surface area contributed by atoms with Crippen LogP contribution in [0.5, 0.6) is 0 Å². The monoisotopic (exact) mass is 463 g/mol. The maximum atomic E-state index is 13.2. The highest BCUT2D eigenvalue weighted by atomic mass is 32.2. The molecule has 7 nitrogen and oxygen atoms in total. The summed E-state index contributed by atoms with van der Waals surface area (Å²) >= 11 is 1.64. The molecule has 1 saturated carbocycles. The molecule has 1 aliphatic heterocycles. The number of nitriles is 1. The molecular weight excluding hydrogens is 439 g/mol. The van der Waals surface area contributed by atoms with Gasteiger partial charge in [-0.25, -0.2) is 9.97 Å². The van der Waals surface area contributed by atoms with Crippen molar-refractivity contribution in [3.8, 4) is 6.07 Å². The number of hydrogen-bond acceptors (Lipinski definition) is 8. The molecule has 1 aliphatic carbocycles. The van der Waals surface area contributed by atoms with E-state index in [2.05, 4.69) is 37.1 Å². The molecule has 3 rings (SSSR count). The van der Waals surface area contributed by atoms with Crippen molar-refractivity contribution in [2.45, 2.75) is 37.9 Å². The average Bonchev–Trinajstić information content (AvgIpc) is 2.75. The predicted molar refractivity (Wildman–Crippen MR) is 121 cm³/mol. The molecule has 2 aliphatic rings. The SMILES string of the molecule is C=C1/C=C(C(F)(F)F)\C=N/N/C=C\1c1nc(NC[C@H]2CC[C@H](NSC)CC2)ncc1C#N. The molecule has 2 heterocycles. The fraction of sp³-hybridized carbons (Fsp3) is 0.429. The minimum atomic E-state index is -4.59. The summed E-state index contributed by atoms with van der Waals surface area (Å²) in [5.74, 6) is 0.782. The molecule has 0 amide bonds. The molecule has 0 saturated heterocycles. The molecule has 0 bridgehead atoms. The lowest BCUT2D eigenvalue weighted by Gasteiger charge is -2.28. The quantitative estimate of drug-likeness (QED) is 0.545. The molecule has 0 aromatic carbocycles. The third-order valence-electron chi connectivity index (χ3n) is 5.33. The fourth-order valence-corrected chi connectivity index (χ4v) is 4.19. The van der Waals surface area contributed by atoms with E-state index >= 15 is 0 Å². The van der Waals surface area contributed by atoms with Gasteiger partial charge in [0.2, 0.25) is 5.95 Å². The first kappa shape index (κ1) is 23.8. The van der Waals surface area contributed by atoms with Gasteiger partial charge < -0.3 is 5.32 Å². The van der Waals surface area contributed by atoms with Crippen molar-refractivity contribution in [1.82, 2.24) is 20.1 Å². The van der Waals surface area contributed by atoms with Crippen molar-refractivity contribution in [2.24, 2.45) is 11.0 Å². The standard InChI is InChI=1S/C21H24F3N7S/c1-13-7-16(21(22,23)24)11-28-29-12-18(13)19-15(8-25)10-27-20(30-19)26-9-14-3-5-17(6-4-14)31-32-2/h7,10-12,14,17,29,31H,1,3-6,9H2,2H3,(H,26,27,30)/b16-7+,18-12+,28-11-/t14-,17-. The summed E-state index contributed by atoms with van der Waals surface area (Å²) in [5, 5.41) is 16.2. The van der Waals surface area contributed by atoms with Crippen LogP contribution in [0.15, 0.2) is 41.3 Å². The molecule has 1 aromatic heterocycles. The van der Waals surface area contributed by atoms with Crippen LogP contribution in [0.4, 0.5) is 19.1 Å². The first-order valence-corrected chi connectivity index (χ1v) is 11.3. The van der Waals surface area contributed by atoms with Gasteiger partial charge in [-0.05, 0) is 49.5 Å². The van der Waals surface area contributed by atoms with E-state index in [0.717, 1.165) is 31.8 Å². The molecule has 3 N–H and O–H groups in total. The summed E-state index contributed by atoms with van der Waals surface area (Å²) in [7, 11) is 0. The minimum absolute atomic E-state index is 0.0525. The highest BCUT2D eigenvalue weighted by Crippen LogP contribution is 2.31. The number of halogens is 3. The van der Waals surface area contributed by atoms with Crippen LogP contribution < -0.4 is 15.5 Å². The highest BCUT2D eigenvalue weighted by Gasteiger charge is 2.33. The molecule has 0 radical (unpaired) electrons. The van der Waals surface area contributed by atoms with Gasteiger partial charge >= 0.3 is 6.18 Å².